The Morgan fingerprint density at radius 2 is 2.14 bits per heavy atom. The third-order valence-electron chi connectivity index (χ3n) is 5.19. The van der Waals surface area contributed by atoms with Crippen LogP contribution in [0, 0.1) is 0 Å². The molecular weight excluding hydrogens is 362 g/mol. The number of hydrogen-bond acceptors (Lipinski definition) is 7. The topological polar surface area (TPSA) is 144 Å². The number of aromatic nitrogens is 5. The molecule has 0 aliphatic heterocycles. The molecule has 0 radical (unpaired) electrons. The van der Waals surface area contributed by atoms with E-state index in [1.165, 1.54) is 0 Å². The fraction of sp³-hybridized carbons (Fsp3) is 0.444. The van der Waals surface area contributed by atoms with Gasteiger partial charge in [-0.05, 0) is 38.2 Å². The summed E-state index contributed by atoms with van der Waals surface area (Å²) in [6, 6.07) is 2.12. The van der Waals surface area contributed by atoms with Gasteiger partial charge in [0.15, 0.2) is 11.1 Å². The lowest BCUT2D eigenvalue weighted by Crippen LogP contribution is -2.30. The number of aromatic hydroxyl groups is 1. The van der Waals surface area contributed by atoms with E-state index < -0.39 is 5.69 Å². The largest absolute Gasteiger partial charge is 0.493 e. The number of nitrogens with one attached hydrogen (secondary N) is 3. The van der Waals surface area contributed by atoms with Gasteiger partial charge < -0.3 is 20.5 Å². The quantitative estimate of drug-likeness (QED) is 0.406. The van der Waals surface area contributed by atoms with Crippen LogP contribution >= 0.6 is 0 Å². The molecule has 5 N–H and O–H groups in total. The number of aliphatic hydroxyl groups is 1. The molecule has 0 spiro atoms. The zero-order valence-corrected chi connectivity index (χ0v) is 15.1. The van der Waals surface area contributed by atoms with Crippen LogP contribution in [0.15, 0.2) is 22.1 Å². The molecule has 2 unspecified atom stereocenters. The van der Waals surface area contributed by atoms with Crippen LogP contribution in [-0.4, -0.2) is 53.0 Å². The third-order valence-corrected chi connectivity index (χ3v) is 5.19. The smallest absolute Gasteiger partial charge is 0.326 e. The summed E-state index contributed by atoms with van der Waals surface area (Å²) in [5, 5.41) is 28.3. The van der Waals surface area contributed by atoms with Gasteiger partial charge in [-0.2, -0.15) is 9.61 Å². The van der Waals surface area contributed by atoms with E-state index >= 15 is 0 Å². The number of nitrogens with zero attached hydrogens (tertiary/aromatic N) is 4. The Balaban J connectivity index is 1.65. The van der Waals surface area contributed by atoms with Crippen molar-refractivity contribution in [3.05, 3.63) is 39.1 Å². The van der Waals surface area contributed by atoms with Crippen LogP contribution < -0.4 is 21.7 Å². The van der Waals surface area contributed by atoms with E-state index in [2.05, 4.69) is 25.4 Å². The zero-order valence-electron chi connectivity index (χ0n) is 15.1. The molecule has 28 heavy (non-hydrogen) atoms. The number of aliphatic hydroxyl groups excluding tert-OH is 1. The van der Waals surface area contributed by atoms with Gasteiger partial charge in [0.05, 0.1) is 24.4 Å². The molecule has 2 atom stereocenters. The number of aromatic amines is 2. The normalized spacial score (nSPS) is 23.8. The van der Waals surface area contributed by atoms with Crippen LogP contribution in [0.3, 0.4) is 0 Å². The molecule has 3 heterocycles. The molecule has 2 fully saturated rings. The van der Waals surface area contributed by atoms with Gasteiger partial charge in [-0.15, -0.1) is 0 Å². The molecule has 5 rings (SSSR count). The fourth-order valence-electron chi connectivity index (χ4n) is 3.57. The molecule has 0 bridgehead atoms. The van der Waals surface area contributed by atoms with Crippen LogP contribution in [0.25, 0.3) is 11.7 Å². The standard InChI is InChI=1S/C18H21N7O3/c26-13-3-1-2-11(13)21-14-7-15(20-10-4-5-10)25-16(23-14)9(8-19-25)6-12-17(27)24-18(28)22-12/h6-8,10-11,13,21,26-27H,1-5H2,(H2,22,24,28). The van der Waals surface area contributed by atoms with Crippen molar-refractivity contribution in [1.82, 2.24) is 24.6 Å². The molecule has 2 saturated carbocycles. The summed E-state index contributed by atoms with van der Waals surface area (Å²) in [5.41, 5.74) is 1.01. The average molecular weight is 383 g/mol. The maximum atomic E-state index is 11.4. The Kier molecular flexibility index (Phi) is 3.93. The minimum atomic E-state index is -0.491. The summed E-state index contributed by atoms with van der Waals surface area (Å²) in [5.74, 6) is 0.385. The molecule has 2 aliphatic carbocycles. The summed E-state index contributed by atoms with van der Waals surface area (Å²) < 4.78 is 1.65. The predicted molar refractivity (Wildman–Crippen MR) is 101 cm³/mol. The number of hydrogen-bond donors (Lipinski definition) is 5. The monoisotopic (exact) mass is 383 g/mol. The van der Waals surface area contributed by atoms with E-state index in [0.717, 1.165) is 32.1 Å². The molecule has 0 aromatic carbocycles. The minimum absolute atomic E-state index is 0.0378. The number of rotatable bonds is 4. The lowest BCUT2D eigenvalue weighted by molar-refractivity contribution is 0.171. The van der Waals surface area contributed by atoms with Gasteiger partial charge in [-0.25, -0.2) is 9.78 Å². The summed E-state index contributed by atoms with van der Waals surface area (Å²) in [4.78, 5) is 25.6. The Morgan fingerprint density at radius 3 is 2.82 bits per heavy atom. The molecule has 0 amide bonds. The van der Waals surface area contributed by atoms with Gasteiger partial charge >= 0.3 is 5.69 Å². The summed E-state index contributed by atoms with van der Waals surface area (Å²) >= 11 is 0. The summed E-state index contributed by atoms with van der Waals surface area (Å²) in [6.07, 6.45) is 7.61. The second-order valence-corrected chi connectivity index (χ2v) is 7.43. The van der Waals surface area contributed by atoms with E-state index in [0.29, 0.717) is 28.2 Å². The number of imidazole rings is 1. The first kappa shape index (κ1) is 17.0. The molecule has 10 nitrogen and oxygen atoms in total. The van der Waals surface area contributed by atoms with Gasteiger partial charge in [-0.1, -0.05) is 0 Å². The van der Waals surface area contributed by atoms with Crippen molar-refractivity contribution in [3.8, 4) is 5.88 Å². The molecule has 3 aromatic heterocycles. The fourth-order valence-corrected chi connectivity index (χ4v) is 3.57. The first-order valence-electron chi connectivity index (χ1n) is 9.47. The average Bonchev–Trinajstić information content (AvgIpc) is 3.10. The highest BCUT2D eigenvalue weighted by atomic mass is 16.3. The van der Waals surface area contributed by atoms with Gasteiger partial charge in [0.1, 0.15) is 11.5 Å². The molecule has 3 aromatic rings. The first-order valence-corrected chi connectivity index (χ1v) is 9.47. The highest BCUT2D eigenvalue weighted by molar-refractivity contribution is 5.58. The summed E-state index contributed by atoms with van der Waals surface area (Å²) in [7, 11) is 0. The van der Waals surface area contributed by atoms with Crippen LogP contribution in [0.1, 0.15) is 37.8 Å². The van der Waals surface area contributed by atoms with Crippen molar-refractivity contribution < 1.29 is 10.2 Å². The van der Waals surface area contributed by atoms with E-state index in [9.17, 15) is 15.0 Å². The van der Waals surface area contributed by atoms with Crippen molar-refractivity contribution in [2.45, 2.75) is 50.3 Å². The Morgan fingerprint density at radius 1 is 1.29 bits per heavy atom. The van der Waals surface area contributed by atoms with Crippen molar-refractivity contribution >= 4 is 17.5 Å². The summed E-state index contributed by atoms with van der Waals surface area (Å²) in [6.45, 7) is 0. The van der Waals surface area contributed by atoms with Crippen LogP contribution in [-0.2, 0) is 0 Å². The van der Waals surface area contributed by atoms with E-state index in [4.69, 9.17) is 4.99 Å². The van der Waals surface area contributed by atoms with Gasteiger partial charge in [0, 0.05) is 11.3 Å². The Labute approximate surface area is 158 Å². The van der Waals surface area contributed by atoms with Crippen molar-refractivity contribution in [2.24, 2.45) is 4.99 Å². The highest BCUT2D eigenvalue weighted by Gasteiger charge is 2.26. The molecule has 10 heteroatoms. The maximum Gasteiger partial charge on any atom is 0.326 e. The third kappa shape index (κ3) is 3.15. The first-order chi connectivity index (χ1) is 13.6. The van der Waals surface area contributed by atoms with E-state index in [-0.39, 0.29) is 23.7 Å². The number of fused-ring (bicyclic) bond motifs is 1. The highest BCUT2D eigenvalue weighted by Crippen LogP contribution is 2.23. The molecule has 146 valence electrons. The van der Waals surface area contributed by atoms with Crippen LogP contribution in [0.5, 0.6) is 5.88 Å². The lowest BCUT2D eigenvalue weighted by Gasteiger charge is -2.17. The maximum absolute atomic E-state index is 11.4. The van der Waals surface area contributed by atoms with Gasteiger partial charge in [0.2, 0.25) is 5.88 Å². The van der Waals surface area contributed by atoms with Gasteiger partial charge in [-0.3, -0.25) is 9.98 Å². The number of anilines is 1. The molecule has 2 aliphatic rings. The van der Waals surface area contributed by atoms with E-state index in [1.54, 1.807) is 16.8 Å². The second kappa shape index (κ2) is 6.48. The van der Waals surface area contributed by atoms with Crippen LogP contribution in [0.4, 0.5) is 5.82 Å². The lowest BCUT2D eigenvalue weighted by atomic mass is 10.2. The number of H-pyrrole nitrogens is 2. The van der Waals surface area contributed by atoms with Gasteiger partial charge in [0.25, 0.3) is 0 Å². The Bertz CT molecular complexity index is 1200. The SMILES string of the molecule is O=c1[nH]c(O)c(C=c2cnn3c(=NC4CC4)cc(NC4CCCC4O)nc23)[nH]1. The van der Waals surface area contributed by atoms with Crippen molar-refractivity contribution in [1.29, 1.82) is 0 Å². The predicted octanol–water partition coefficient (Wildman–Crippen LogP) is -0.613. The molecule has 0 saturated heterocycles. The van der Waals surface area contributed by atoms with Crippen molar-refractivity contribution in [2.75, 3.05) is 5.32 Å². The molecular formula is C18H21N7O3. The Hall–Kier alpha value is -3.14. The van der Waals surface area contributed by atoms with E-state index in [1.807, 2.05) is 6.07 Å². The zero-order chi connectivity index (χ0) is 19.3. The minimum Gasteiger partial charge on any atom is -0.493 e. The second-order valence-electron chi connectivity index (χ2n) is 7.43. The van der Waals surface area contributed by atoms with Crippen molar-refractivity contribution in [3.63, 3.8) is 0 Å². The van der Waals surface area contributed by atoms with Crippen LogP contribution in [0.2, 0.25) is 0 Å².